The summed E-state index contributed by atoms with van der Waals surface area (Å²) in [4.78, 5) is 24.3. The van der Waals surface area contributed by atoms with E-state index in [-0.39, 0.29) is 23.5 Å². The molecule has 0 aromatic heterocycles. The monoisotopic (exact) mass is 362 g/mol. The van der Waals surface area contributed by atoms with Crippen molar-refractivity contribution in [3.63, 3.8) is 0 Å². The molecule has 0 aliphatic carbocycles. The van der Waals surface area contributed by atoms with Gasteiger partial charge in [-0.25, -0.2) is 9.59 Å². The third kappa shape index (κ3) is 7.59. The second kappa shape index (κ2) is 11.0. The first kappa shape index (κ1) is 22.2. The van der Waals surface area contributed by atoms with Crippen LogP contribution in [0.15, 0.2) is 24.3 Å². The first-order valence-corrected chi connectivity index (χ1v) is 9.77. The van der Waals surface area contributed by atoms with Crippen LogP contribution in [0.3, 0.4) is 0 Å². The molecule has 0 bridgehead atoms. The highest BCUT2D eigenvalue weighted by Crippen LogP contribution is 2.25. The highest BCUT2D eigenvalue weighted by atomic mass is 16.5. The summed E-state index contributed by atoms with van der Waals surface area (Å²) in [7, 11) is 0. The van der Waals surface area contributed by atoms with Gasteiger partial charge in [0.1, 0.15) is 6.10 Å². The van der Waals surface area contributed by atoms with Gasteiger partial charge in [0.05, 0.1) is 17.7 Å². The number of esters is 2. The van der Waals surface area contributed by atoms with Gasteiger partial charge in [0, 0.05) is 0 Å². The molecule has 1 rings (SSSR count). The molecule has 4 heteroatoms. The molecule has 26 heavy (non-hydrogen) atoms. The van der Waals surface area contributed by atoms with E-state index in [0.717, 1.165) is 19.3 Å². The SMILES string of the molecule is CCCCCCCOC(=O)c1ccc(C(=O)OC(CC)C(C)(C)C)cc1. The third-order valence-electron chi connectivity index (χ3n) is 4.42. The van der Waals surface area contributed by atoms with Gasteiger partial charge in [-0.1, -0.05) is 60.3 Å². The van der Waals surface area contributed by atoms with Crippen molar-refractivity contribution in [2.45, 2.75) is 79.2 Å². The maximum atomic E-state index is 12.3. The zero-order valence-electron chi connectivity index (χ0n) is 17.0. The lowest BCUT2D eigenvalue weighted by molar-refractivity contribution is -0.00406. The summed E-state index contributed by atoms with van der Waals surface area (Å²) in [6, 6.07) is 6.48. The van der Waals surface area contributed by atoms with Crippen molar-refractivity contribution in [1.82, 2.24) is 0 Å². The fraction of sp³-hybridized carbons (Fsp3) is 0.636. The smallest absolute Gasteiger partial charge is 0.338 e. The van der Waals surface area contributed by atoms with Crippen molar-refractivity contribution in [3.05, 3.63) is 35.4 Å². The molecule has 0 heterocycles. The van der Waals surface area contributed by atoms with Crippen molar-refractivity contribution < 1.29 is 19.1 Å². The Hall–Kier alpha value is -1.84. The Kier molecular flexibility index (Phi) is 9.39. The predicted octanol–water partition coefficient (Wildman–Crippen LogP) is 5.80. The van der Waals surface area contributed by atoms with Crippen molar-refractivity contribution in [2.24, 2.45) is 5.41 Å². The number of rotatable bonds is 10. The van der Waals surface area contributed by atoms with E-state index in [2.05, 4.69) is 27.7 Å². The van der Waals surface area contributed by atoms with Gasteiger partial charge in [-0.05, 0) is 42.5 Å². The Balaban J connectivity index is 2.51. The quantitative estimate of drug-likeness (QED) is 0.390. The fourth-order valence-corrected chi connectivity index (χ4v) is 2.77. The largest absolute Gasteiger partial charge is 0.462 e. The Morgan fingerprint density at radius 1 is 0.885 bits per heavy atom. The normalized spacial score (nSPS) is 12.5. The minimum atomic E-state index is -0.359. The zero-order chi connectivity index (χ0) is 19.6. The van der Waals surface area contributed by atoms with Crippen LogP contribution in [0.2, 0.25) is 0 Å². The van der Waals surface area contributed by atoms with Crippen molar-refractivity contribution >= 4 is 11.9 Å². The summed E-state index contributed by atoms with van der Waals surface area (Å²) in [5.74, 6) is -0.704. The molecular weight excluding hydrogens is 328 g/mol. The first-order chi connectivity index (χ1) is 12.3. The second-order valence-corrected chi connectivity index (χ2v) is 7.80. The summed E-state index contributed by atoms with van der Waals surface area (Å²) in [6.07, 6.45) is 6.19. The molecule has 0 radical (unpaired) electrons. The Bertz CT molecular complexity index is 555. The summed E-state index contributed by atoms with van der Waals surface area (Å²) >= 11 is 0. The standard InChI is InChI=1S/C22H34O4/c1-6-8-9-10-11-16-25-20(23)17-12-14-18(15-13-17)21(24)26-19(7-2)22(3,4)5/h12-15,19H,6-11,16H2,1-5H3. The fourth-order valence-electron chi connectivity index (χ4n) is 2.77. The number of hydrogen-bond acceptors (Lipinski definition) is 4. The molecule has 4 nitrogen and oxygen atoms in total. The molecule has 0 spiro atoms. The van der Waals surface area contributed by atoms with E-state index in [1.165, 1.54) is 19.3 Å². The molecule has 0 N–H and O–H groups in total. The molecule has 0 fully saturated rings. The first-order valence-electron chi connectivity index (χ1n) is 9.77. The third-order valence-corrected chi connectivity index (χ3v) is 4.42. The Morgan fingerprint density at radius 2 is 1.42 bits per heavy atom. The molecule has 1 atom stereocenters. The van der Waals surface area contributed by atoms with Gasteiger partial charge in [0.15, 0.2) is 0 Å². The summed E-state index contributed by atoms with van der Waals surface area (Å²) in [5, 5.41) is 0. The highest BCUT2D eigenvalue weighted by Gasteiger charge is 2.27. The lowest BCUT2D eigenvalue weighted by Gasteiger charge is -2.29. The number of hydrogen-bond donors (Lipinski definition) is 0. The Labute approximate surface area is 158 Å². The van der Waals surface area contributed by atoms with Crippen LogP contribution in [0.5, 0.6) is 0 Å². The van der Waals surface area contributed by atoms with E-state index in [1.807, 2.05) is 6.92 Å². The molecule has 1 aromatic rings. The van der Waals surface area contributed by atoms with E-state index >= 15 is 0 Å². The number of carbonyl (C=O) groups is 2. The number of ether oxygens (including phenoxy) is 2. The van der Waals surface area contributed by atoms with Crippen molar-refractivity contribution in [1.29, 1.82) is 0 Å². The van der Waals surface area contributed by atoms with Gasteiger partial charge < -0.3 is 9.47 Å². The molecule has 0 saturated carbocycles. The minimum absolute atomic E-state index is 0.106. The van der Waals surface area contributed by atoms with E-state index in [9.17, 15) is 9.59 Å². The van der Waals surface area contributed by atoms with Crippen LogP contribution in [-0.2, 0) is 9.47 Å². The molecule has 1 aromatic carbocycles. The van der Waals surface area contributed by atoms with Crippen LogP contribution >= 0.6 is 0 Å². The highest BCUT2D eigenvalue weighted by molar-refractivity contribution is 5.93. The van der Waals surface area contributed by atoms with E-state index in [4.69, 9.17) is 9.47 Å². The van der Waals surface area contributed by atoms with E-state index < -0.39 is 0 Å². The molecule has 0 aliphatic heterocycles. The maximum absolute atomic E-state index is 12.3. The average Bonchev–Trinajstić information content (AvgIpc) is 2.61. The van der Waals surface area contributed by atoms with Crippen LogP contribution in [0.25, 0.3) is 0 Å². The van der Waals surface area contributed by atoms with Crippen LogP contribution < -0.4 is 0 Å². The molecule has 0 amide bonds. The van der Waals surface area contributed by atoms with E-state index in [0.29, 0.717) is 17.7 Å². The minimum Gasteiger partial charge on any atom is -0.462 e. The van der Waals surface area contributed by atoms with Crippen LogP contribution in [0, 0.1) is 5.41 Å². The maximum Gasteiger partial charge on any atom is 0.338 e. The molecule has 1 unspecified atom stereocenters. The predicted molar refractivity (Wildman–Crippen MR) is 104 cm³/mol. The molecule has 0 saturated heterocycles. The van der Waals surface area contributed by atoms with Gasteiger partial charge in [0.2, 0.25) is 0 Å². The topological polar surface area (TPSA) is 52.6 Å². The number of benzene rings is 1. The van der Waals surface area contributed by atoms with Crippen molar-refractivity contribution in [3.8, 4) is 0 Å². The second-order valence-electron chi connectivity index (χ2n) is 7.80. The Morgan fingerprint density at radius 3 is 1.92 bits per heavy atom. The van der Waals surface area contributed by atoms with Gasteiger partial charge in [0.25, 0.3) is 0 Å². The summed E-state index contributed by atoms with van der Waals surface area (Å²) in [5.41, 5.74) is 0.799. The van der Waals surface area contributed by atoms with Crippen LogP contribution in [0.4, 0.5) is 0 Å². The van der Waals surface area contributed by atoms with Gasteiger partial charge >= 0.3 is 11.9 Å². The zero-order valence-corrected chi connectivity index (χ0v) is 17.0. The van der Waals surface area contributed by atoms with Crippen molar-refractivity contribution in [2.75, 3.05) is 6.61 Å². The summed E-state index contributed by atoms with van der Waals surface area (Å²) in [6.45, 7) is 10.8. The van der Waals surface area contributed by atoms with Crippen LogP contribution in [0.1, 0.15) is 93.9 Å². The summed E-state index contributed by atoms with van der Waals surface area (Å²) < 4.78 is 10.9. The van der Waals surface area contributed by atoms with Crippen LogP contribution in [-0.4, -0.2) is 24.6 Å². The van der Waals surface area contributed by atoms with E-state index in [1.54, 1.807) is 24.3 Å². The van der Waals surface area contributed by atoms with Gasteiger partial charge in [-0.15, -0.1) is 0 Å². The average molecular weight is 363 g/mol. The molecular formula is C22H34O4. The number of unbranched alkanes of at least 4 members (excludes halogenated alkanes) is 4. The lowest BCUT2D eigenvalue weighted by atomic mass is 9.87. The van der Waals surface area contributed by atoms with Gasteiger partial charge in [-0.2, -0.15) is 0 Å². The number of carbonyl (C=O) groups excluding carboxylic acids is 2. The molecule has 0 aliphatic rings. The van der Waals surface area contributed by atoms with Gasteiger partial charge in [-0.3, -0.25) is 0 Å². The molecule has 146 valence electrons. The lowest BCUT2D eigenvalue weighted by Crippen LogP contribution is -2.31.